The second kappa shape index (κ2) is 4.42. The smallest absolute Gasteiger partial charge is 0.204 e. The van der Waals surface area contributed by atoms with Crippen LogP contribution in [0.15, 0.2) is 48.5 Å². The number of hydrogen-bond acceptors (Lipinski definition) is 1. The lowest BCUT2D eigenvalue weighted by molar-refractivity contribution is 0.629. The first-order chi connectivity index (χ1) is 8.74. The van der Waals surface area contributed by atoms with Gasteiger partial charge in [-0.05, 0) is 29.3 Å². The first-order valence-electron chi connectivity index (χ1n) is 5.59. The fourth-order valence-corrected chi connectivity index (χ4v) is 2.23. The van der Waals surface area contributed by atoms with Gasteiger partial charge in [0.05, 0.1) is 17.6 Å². The number of benzene rings is 2. The van der Waals surface area contributed by atoms with E-state index >= 15 is 0 Å². The van der Waals surface area contributed by atoms with Crippen LogP contribution in [-0.4, -0.2) is 9.55 Å². The molecule has 90 valence electrons. The SMILES string of the molecule is Fc1ccc2c(c1)nc(Cl)n2Cc1ccccc1. The quantitative estimate of drug-likeness (QED) is 0.684. The molecule has 0 aliphatic rings. The Labute approximate surface area is 109 Å². The summed E-state index contributed by atoms with van der Waals surface area (Å²) < 4.78 is 15.0. The maximum Gasteiger partial charge on any atom is 0.204 e. The summed E-state index contributed by atoms with van der Waals surface area (Å²) in [6.45, 7) is 0.627. The van der Waals surface area contributed by atoms with Crippen molar-refractivity contribution in [3.05, 3.63) is 65.2 Å². The molecule has 3 rings (SSSR count). The summed E-state index contributed by atoms with van der Waals surface area (Å²) in [5, 5.41) is 0.374. The first-order valence-corrected chi connectivity index (χ1v) is 5.97. The number of rotatable bonds is 2. The minimum absolute atomic E-state index is 0.302. The van der Waals surface area contributed by atoms with Gasteiger partial charge < -0.3 is 4.57 Å². The van der Waals surface area contributed by atoms with E-state index in [9.17, 15) is 4.39 Å². The summed E-state index contributed by atoms with van der Waals surface area (Å²) in [5.41, 5.74) is 2.55. The monoisotopic (exact) mass is 260 g/mol. The Morgan fingerprint density at radius 3 is 2.67 bits per heavy atom. The van der Waals surface area contributed by atoms with Crippen molar-refractivity contribution in [2.45, 2.75) is 6.54 Å². The fourth-order valence-electron chi connectivity index (χ4n) is 1.99. The van der Waals surface area contributed by atoms with Crippen molar-refractivity contribution in [1.82, 2.24) is 9.55 Å². The molecule has 0 aliphatic heterocycles. The summed E-state index contributed by atoms with van der Waals surface area (Å²) in [6.07, 6.45) is 0. The minimum Gasteiger partial charge on any atom is -0.310 e. The predicted molar refractivity (Wildman–Crippen MR) is 70.2 cm³/mol. The highest BCUT2D eigenvalue weighted by Crippen LogP contribution is 2.21. The molecule has 0 bridgehead atoms. The Balaban J connectivity index is 2.09. The van der Waals surface area contributed by atoms with Crippen molar-refractivity contribution in [3.63, 3.8) is 0 Å². The van der Waals surface area contributed by atoms with Crippen LogP contribution in [0.4, 0.5) is 4.39 Å². The van der Waals surface area contributed by atoms with E-state index in [-0.39, 0.29) is 5.82 Å². The van der Waals surface area contributed by atoms with Crippen LogP contribution in [0.25, 0.3) is 11.0 Å². The van der Waals surface area contributed by atoms with Crippen molar-refractivity contribution in [2.75, 3.05) is 0 Å². The third-order valence-corrected chi connectivity index (χ3v) is 3.14. The van der Waals surface area contributed by atoms with E-state index < -0.39 is 0 Å². The zero-order valence-electron chi connectivity index (χ0n) is 9.48. The van der Waals surface area contributed by atoms with Crippen LogP contribution in [0.2, 0.25) is 5.28 Å². The van der Waals surface area contributed by atoms with Gasteiger partial charge in [0.1, 0.15) is 5.82 Å². The van der Waals surface area contributed by atoms with Crippen LogP contribution in [0.5, 0.6) is 0 Å². The molecule has 1 aromatic heterocycles. The van der Waals surface area contributed by atoms with Crippen molar-refractivity contribution in [3.8, 4) is 0 Å². The third-order valence-electron chi connectivity index (χ3n) is 2.85. The minimum atomic E-state index is -0.302. The molecular formula is C14H10ClFN2. The van der Waals surface area contributed by atoms with Crippen molar-refractivity contribution in [2.24, 2.45) is 0 Å². The van der Waals surface area contributed by atoms with Gasteiger partial charge in [0, 0.05) is 6.07 Å². The number of nitrogens with zero attached hydrogens (tertiary/aromatic N) is 2. The summed E-state index contributed by atoms with van der Waals surface area (Å²) in [5.74, 6) is -0.302. The molecule has 0 fully saturated rings. The maximum atomic E-state index is 13.1. The molecule has 0 N–H and O–H groups in total. The van der Waals surface area contributed by atoms with E-state index in [0.29, 0.717) is 17.3 Å². The van der Waals surface area contributed by atoms with Crippen LogP contribution in [-0.2, 0) is 6.54 Å². The predicted octanol–water partition coefficient (Wildman–Crippen LogP) is 3.88. The first kappa shape index (κ1) is 11.2. The molecule has 18 heavy (non-hydrogen) atoms. The van der Waals surface area contributed by atoms with Crippen LogP contribution in [0.1, 0.15) is 5.56 Å². The normalized spacial score (nSPS) is 11.0. The van der Waals surface area contributed by atoms with Gasteiger partial charge in [-0.3, -0.25) is 0 Å². The van der Waals surface area contributed by atoms with E-state index in [4.69, 9.17) is 11.6 Å². The number of aromatic nitrogens is 2. The number of fused-ring (bicyclic) bond motifs is 1. The molecule has 2 nitrogen and oxygen atoms in total. The summed E-state index contributed by atoms with van der Waals surface area (Å²) in [7, 11) is 0. The zero-order chi connectivity index (χ0) is 12.5. The molecular weight excluding hydrogens is 251 g/mol. The van der Waals surface area contributed by atoms with E-state index in [1.807, 2.05) is 34.9 Å². The lowest BCUT2D eigenvalue weighted by Gasteiger charge is -2.05. The van der Waals surface area contributed by atoms with Gasteiger partial charge in [-0.1, -0.05) is 30.3 Å². The standard InChI is InChI=1S/C14H10ClFN2/c15-14-17-12-8-11(16)6-7-13(12)18(14)9-10-4-2-1-3-5-10/h1-8H,9H2. The van der Waals surface area contributed by atoms with E-state index in [0.717, 1.165) is 11.1 Å². The van der Waals surface area contributed by atoms with Crippen molar-refractivity contribution >= 4 is 22.6 Å². The molecule has 2 aromatic carbocycles. The van der Waals surface area contributed by atoms with Crippen LogP contribution in [0, 0.1) is 5.82 Å². The van der Waals surface area contributed by atoms with Crippen LogP contribution < -0.4 is 0 Å². The lowest BCUT2D eigenvalue weighted by atomic mass is 10.2. The Morgan fingerprint density at radius 2 is 1.89 bits per heavy atom. The highest BCUT2D eigenvalue weighted by molar-refractivity contribution is 6.29. The van der Waals surface area contributed by atoms with E-state index in [2.05, 4.69) is 4.98 Å². The average molecular weight is 261 g/mol. The molecule has 0 atom stereocenters. The average Bonchev–Trinajstić information content (AvgIpc) is 2.66. The third kappa shape index (κ3) is 1.97. The highest BCUT2D eigenvalue weighted by atomic mass is 35.5. The zero-order valence-corrected chi connectivity index (χ0v) is 10.2. The molecule has 3 aromatic rings. The number of halogens is 2. The van der Waals surface area contributed by atoms with Gasteiger partial charge >= 0.3 is 0 Å². The van der Waals surface area contributed by atoms with Crippen molar-refractivity contribution < 1.29 is 4.39 Å². The molecule has 0 amide bonds. The topological polar surface area (TPSA) is 17.8 Å². The van der Waals surface area contributed by atoms with Crippen LogP contribution >= 0.6 is 11.6 Å². The molecule has 0 radical (unpaired) electrons. The van der Waals surface area contributed by atoms with Gasteiger partial charge in [-0.25, -0.2) is 9.37 Å². The number of hydrogen-bond donors (Lipinski definition) is 0. The Morgan fingerprint density at radius 1 is 1.11 bits per heavy atom. The fraction of sp³-hybridized carbons (Fsp3) is 0.0714. The number of imidazole rings is 1. The molecule has 1 heterocycles. The molecule has 0 saturated carbocycles. The Bertz CT molecular complexity index is 692. The van der Waals surface area contributed by atoms with Gasteiger partial charge in [0.25, 0.3) is 0 Å². The Hall–Kier alpha value is -1.87. The second-order valence-corrected chi connectivity index (χ2v) is 4.42. The van der Waals surface area contributed by atoms with Crippen molar-refractivity contribution in [1.29, 1.82) is 0 Å². The summed E-state index contributed by atoms with van der Waals surface area (Å²) in [6, 6.07) is 14.5. The summed E-state index contributed by atoms with van der Waals surface area (Å²) >= 11 is 6.10. The molecule has 0 aliphatic carbocycles. The molecule has 0 unspecified atom stereocenters. The largest absolute Gasteiger partial charge is 0.310 e. The van der Waals surface area contributed by atoms with Gasteiger partial charge in [0.15, 0.2) is 0 Å². The maximum absolute atomic E-state index is 13.1. The second-order valence-electron chi connectivity index (χ2n) is 4.09. The van der Waals surface area contributed by atoms with E-state index in [1.54, 1.807) is 6.07 Å². The Kier molecular flexibility index (Phi) is 2.76. The van der Waals surface area contributed by atoms with Gasteiger partial charge in [-0.2, -0.15) is 0 Å². The lowest BCUT2D eigenvalue weighted by Crippen LogP contribution is -1.99. The van der Waals surface area contributed by atoms with Gasteiger partial charge in [0.2, 0.25) is 5.28 Å². The molecule has 0 saturated heterocycles. The summed E-state index contributed by atoms with van der Waals surface area (Å²) in [4.78, 5) is 4.16. The molecule has 4 heteroatoms. The van der Waals surface area contributed by atoms with Gasteiger partial charge in [-0.15, -0.1) is 0 Å². The van der Waals surface area contributed by atoms with E-state index in [1.165, 1.54) is 12.1 Å². The molecule has 0 spiro atoms. The van der Waals surface area contributed by atoms with Crippen LogP contribution in [0.3, 0.4) is 0 Å². The highest BCUT2D eigenvalue weighted by Gasteiger charge is 2.09.